The molecule has 3 aliphatic rings. The number of hydrogen-bond acceptors (Lipinski definition) is 9. The van der Waals surface area contributed by atoms with Crippen LogP contribution in [0.5, 0.6) is 5.75 Å². The van der Waals surface area contributed by atoms with Gasteiger partial charge in [0, 0.05) is 23.5 Å². The van der Waals surface area contributed by atoms with Crippen molar-refractivity contribution in [3.8, 4) is 28.1 Å². The molecule has 0 saturated carbocycles. The van der Waals surface area contributed by atoms with Crippen molar-refractivity contribution in [2.75, 3.05) is 20.8 Å². The zero-order chi connectivity index (χ0) is 43.3. The lowest BCUT2D eigenvalue weighted by atomic mass is 9.92. The van der Waals surface area contributed by atoms with Crippen LogP contribution in [0.2, 0.25) is 0 Å². The molecule has 0 radical (unpaired) electrons. The van der Waals surface area contributed by atoms with Crippen LogP contribution in [-0.2, 0) is 25.7 Å². The lowest BCUT2D eigenvalue weighted by molar-refractivity contribution is -0.137. The van der Waals surface area contributed by atoms with E-state index in [4.69, 9.17) is 24.2 Å². The van der Waals surface area contributed by atoms with Gasteiger partial charge in [0.25, 0.3) is 0 Å². The number of H-pyrrole nitrogens is 2. The molecule has 1 unspecified atom stereocenters. The van der Waals surface area contributed by atoms with Gasteiger partial charge in [-0.25, -0.2) is 19.6 Å². The maximum Gasteiger partial charge on any atom is 0.407 e. The number of benzene rings is 3. The van der Waals surface area contributed by atoms with Crippen LogP contribution >= 0.6 is 0 Å². The summed E-state index contributed by atoms with van der Waals surface area (Å²) in [5.41, 5.74) is 6.61. The van der Waals surface area contributed by atoms with Crippen LogP contribution in [-0.4, -0.2) is 92.6 Å². The van der Waals surface area contributed by atoms with Gasteiger partial charge in [0.1, 0.15) is 36.1 Å². The summed E-state index contributed by atoms with van der Waals surface area (Å²) in [5.74, 6) is 1.96. The molecule has 3 aliphatic heterocycles. The summed E-state index contributed by atoms with van der Waals surface area (Å²) in [7, 11) is 2.59. The monoisotopic (exact) mass is 832 g/mol. The van der Waals surface area contributed by atoms with E-state index in [-0.39, 0.29) is 41.8 Å². The fraction of sp³-hybridized carbons (Fsp3) is 0.478. The highest BCUT2D eigenvalue weighted by molar-refractivity contribution is 6.07. The number of hydrogen-bond donors (Lipinski definition) is 4. The molecule has 4 amide bonds. The van der Waals surface area contributed by atoms with E-state index in [9.17, 15) is 19.2 Å². The van der Waals surface area contributed by atoms with E-state index in [1.807, 2.05) is 56.7 Å². The molecule has 8 rings (SSSR count). The number of rotatable bonds is 10. The smallest absolute Gasteiger partial charge is 0.407 e. The first-order valence-electron chi connectivity index (χ1n) is 21.4. The van der Waals surface area contributed by atoms with Gasteiger partial charge in [-0.1, -0.05) is 59.2 Å². The lowest BCUT2D eigenvalue weighted by Crippen LogP contribution is -2.52. The molecule has 15 heteroatoms. The SMILES string of the molecule is CC[C@H]1CC(c2nc3ccc4cc5c(cc4c3[nH]2)OCc2cc(-c3cnc([C@@H]4CC[C@H](C)N4C(=O)[C@@H](NC(=O)OC)C(C)C)[nH]3)ccc2-5)N(C(=O)[C@@H](NC(=O)OC)C(C)C)C1. The summed E-state index contributed by atoms with van der Waals surface area (Å²) in [4.78, 5) is 72.8. The Hall–Kier alpha value is -6.12. The number of imidazole rings is 2. The van der Waals surface area contributed by atoms with E-state index in [1.54, 1.807) is 0 Å². The second kappa shape index (κ2) is 16.7. The van der Waals surface area contributed by atoms with Gasteiger partial charge in [0.05, 0.1) is 49.2 Å². The van der Waals surface area contributed by atoms with E-state index in [2.05, 4.69) is 63.9 Å². The Morgan fingerprint density at radius 3 is 2.28 bits per heavy atom. The quantitative estimate of drug-likeness (QED) is 0.109. The Kier molecular flexibility index (Phi) is 11.4. The van der Waals surface area contributed by atoms with Gasteiger partial charge >= 0.3 is 12.2 Å². The highest BCUT2D eigenvalue weighted by Gasteiger charge is 2.42. The molecule has 4 N–H and O–H groups in total. The summed E-state index contributed by atoms with van der Waals surface area (Å²) in [5, 5.41) is 7.48. The van der Waals surface area contributed by atoms with Crippen LogP contribution in [0.4, 0.5) is 9.59 Å². The maximum absolute atomic E-state index is 14.0. The van der Waals surface area contributed by atoms with E-state index in [0.29, 0.717) is 24.9 Å². The first-order valence-corrected chi connectivity index (χ1v) is 21.4. The summed E-state index contributed by atoms with van der Waals surface area (Å²) >= 11 is 0. The second-order valence-electron chi connectivity index (χ2n) is 17.4. The molecule has 0 spiro atoms. The van der Waals surface area contributed by atoms with Crippen molar-refractivity contribution >= 4 is 45.8 Å². The molecular weight excluding hydrogens is 777 g/mol. The van der Waals surface area contributed by atoms with Crippen LogP contribution in [0.3, 0.4) is 0 Å². The third-order valence-electron chi connectivity index (χ3n) is 12.9. The average molecular weight is 833 g/mol. The number of likely N-dealkylation sites (tertiary alicyclic amines) is 2. The van der Waals surface area contributed by atoms with Gasteiger partial charge in [-0.2, -0.15) is 0 Å². The zero-order valence-corrected chi connectivity index (χ0v) is 36.1. The van der Waals surface area contributed by atoms with Crippen molar-refractivity contribution < 1.29 is 33.4 Å². The Bertz CT molecular complexity index is 2490. The van der Waals surface area contributed by atoms with Gasteiger partial charge in [-0.3, -0.25) is 9.59 Å². The number of nitrogens with zero attached hydrogens (tertiary/aromatic N) is 4. The number of aromatic amines is 2. The summed E-state index contributed by atoms with van der Waals surface area (Å²) < 4.78 is 16.1. The van der Waals surface area contributed by atoms with Gasteiger partial charge in [-0.05, 0) is 90.3 Å². The molecule has 15 nitrogen and oxygen atoms in total. The fourth-order valence-electron chi connectivity index (χ4n) is 9.37. The first-order chi connectivity index (χ1) is 29.3. The molecule has 2 fully saturated rings. The number of aromatic nitrogens is 4. The van der Waals surface area contributed by atoms with Crippen LogP contribution in [0.25, 0.3) is 44.2 Å². The minimum Gasteiger partial charge on any atom is -0.488 e. The van der Waals surface area contributed by atoms with Gasteiger partial charge in [0.15, 0.2) is 0 Å². The highest BCUT2D eigenvalue weighted by Crippen LogP contribution is 2.44. The molecule has 2 saturated heterocycles. The summed E-state index contributed by atoms with van der Waals surface area (Å²) in [6.07, 6.45) is 3.83. The number of carbonyl (C=O) groups is 4. The van der Waals surface area contributed by atoms with E-state index in [1.165, 1.54) is 14.2 Å². The number of carbonyl (C=O) groups excluding carboxylic acids is 4. The second-order valence-corrected chi connectivity index (χ2v) is 17.4. The minimum absolute atomic E-state index is 0.0158. The number of nitrogens with one attached hydrogen (secondary N) is 4. The predicted octanol–water partition coefficient (Wildman–Crippen LogP) is 7.78. The maximum atomic E-state index is 14.0. The highest BCUT2D eigenvalue weighted by atomic mass is 16.5. The number of ether oxygens (including phenoxy) is 3. The third-order valence-corrected chi connectivity index (χ3v) is 12.9. The van der Waals surface area contributed by atoms with Crippen molar-refractivity contribution in [1.29, 1.82) is 0 Å². The molecule has 2 aromatic heterocycles. The predicted molar refractivity (Wildman–Crippen MR) is 230 cm³/mol. The number of methoxy groups -OCH3 is 2. The van der Waals surface area contributed by atoms with Gasteiger partial charge in [-0.15, -0.1) is 0 Å². The Morgan fingerprint density at radius 2 is 1.59 bits per heavy atom. The summed E-state index contributed by atoms with van der Waals surface area (Å²) in [6.45, 7) is 12.8. The normalized spacial score (nSPS) is 20.7. The van der Waals surface area contributed by atoms with Crippen molar-refractivity contribution in [3.63, 3.8) is 0 Å². The Morgan fingerprint density at radius 1 is 0.869 bits per heavy atom. The third kappa shape index (κ3) is 7.74. The number of amides is 4. The van der Waals surface area contributed by atoms with Crippen LogP contribution in [0.1, 0.15) is 96.5 Å². The van der Waals surface area contributed by atoms with Crippen LogP contribution in [0, 0.1) is 17.8 Å². The lowest BCUT2D eigenvalue weighted by Gasteiger charge is -2.32. The van der Waals surface area contributed by atoms with E-state index < -0.39 is 24.3 Å². The van der Waals surface area contributed by atoms with E-state index >= 15 is 0 Å². The molecular formula is C46H56N8O7. The Balaban J connectivity index is 1.05. The zero-order valence-electron chi connectivity index (χ0n) is 36.1. The van der Waals surface area contributed by atoms with Gasteiger partial charge in [0.2, 0.25) is 11.8 Å². The molecule has 0 aliphatic carbocycles. The first kappa shape index (κ1) is 41.6. The molecule has 61 heavy (non-hydrogen) atoms. The van der Waals surface area contributed by atoms with Crippen molar-refractivity contribution in [2.45, 2.75) is 104 Å². The molecule has 5 aromatic rings. The largest absolute Gasteiger partial charge is 0.488 e. The molecule has 5 heterocycles. The Labute approximate surface area is 355 Å². The van der Waals surface area contributed by atoms with E-state index in [0.717, 1.165) is 87.0 Å². The summed E-state index contributed by atoms with van der Waals surface area (Å²) in [6, 6.07) is 12.7. The number of alkyl carbamates (subject to hydrolysis) is 2. The average Bonchev–Trinajstić information content (AvgIpc) is 4.08. The van der Waals surface area contributed by atoms with Crippen molar-refractivity contribution in [1.82, 2.24) is 40.4 Å². The number of fused-ring (bicyclic) bond motifs is 6. The molecule has 3 aromatic carbocycles. The fourth-order valence-corrected chi connectivity index (χ4v) is 9.37. The van der Waals surface area contributed by atoms with Crippen LogP contribution in [0.15, 0.2) is 48.7 Å². The van der Waals surface area contributed by atoms with Crippen molar-refractivity contribution in [3.05, 3.63) is 65.9 Å². The molecule has 6 atom stereocenters. The van der Waals surface area contributed by atoms with Crippen LogP contribution < -0.4 is 15.4 Å². The minimum atomic E-state index is -0.721. The standard InChI is InChI=1S/C46H56N8O7/c1-9-26-16-36(53(21-26)43(55)38(23(2)3)51-45(57)59-7)42-48-33-14-12-27-18-32-30-13-11-28(17-29(30)22-61-37(32)19-31(27)40(33)50-42)34-20-47-41(49-34)35-15-10-25(6)54(35)44(56)39(24(4)5)52-46(58)60-8/h11-14,17-20,23-26,35-36,38-39H,9-10,15-16,21-22H2,1-8H3,(H,47,49)(H,48,50)(H,51,57)(H,52,58)/t25-,26-,35-,36?,38-,39-/m0/s1. The molecule has 0 bridgehead atoms. The van der Waals surface area contributed by atoms with Crippen molar-refractivity contribution in [2.24, 2.45) is 17.8 Å². The van der Waals surface area contributed by atoms with Gasteiger partial charge < -0.3 is 44.6 Å². The topological polar surface area (TPSA) is 184 Å². The molecule has 322 valence electrons.